The van der Waals surface area contributed by atoms with E-state index in [1.807, 2.05) is 30.3 Å². The number of nitrogens with one attached hydrogen (secondary N) is 1. The molecule has 0 aliphatic rings. The average molecular weight is 393 g/mol. The Balaban J connectivity index is 1.52. The summed E-state index contributed by atoms with van der Waals surface area (Å²) in [4.78, 5) is 4.03. The number of nitrogens with zero attached hydrogens (tertiary/aromatic N) is 4. The number of hydrogen-bond acceptors (Lipinski definition) is 7. The Labute approximate surface area is 161 Å². The van der Waals surface area contributed by atoms with Crippen molar-refractivity contribution in [1.82, 2.24) is 10.1 Å². The van der Waals surface area contributed by atoms with E-state index in [1.165, 1.54) is 12.3 Å². The first-order valence-corrected chi connectivity index (χ1v) is 9.81. The van der Waals surface area contributed by atoms with Gasteiger partial charge in [-0.05, 0) is 49.4 Å². The predicted molar refractivity (Wildman–Crippen MR) is 104 cm³/mol. The first-order chi connectivity index (χ1) is 13.5. The topological polar surface area (TPSA) is 110 Å². The minimum atomic E-state index is -3.80. The molecule has 0 atom stereocenters. The standard InChI is InChI=1S/C19H15N5O3S/c1-13-18-11-17(12-20-19(18)27-23-13)28(25,26)24-16-9-7-15(8-10-16)22-21-14-5-3-2-4-6-14/h2-12,24H,1H3. The lowest BCUT2D eigenvalue weighted by molar-refractivity contribution is 0.442. The molecular weight excluding hydrogens is 378 g/mol. The molecule has 4 rings (SSSR count). The molecule has 1 N–H and O–H groups in total. The fraction of sp³-hybridized carbons (Fsp3) is 0.0526. The Morgan fingerprint density at radius 1 is 0.964 bits per heavy atom. The second-order valence-corrected chi connectivity index (χ2v) is 7.66. The van der Waals surface area contributed by atoms with Crippen molar-refractivity contribution in [3.63, 3.8) is 0 Å². The zero-order valence-electron chi connectivity index (χ0n) is 14.8. The first-order valence-electron chi connectivity index (χ1n) is 8.33. The van der Waals surface area contributed by atoms with Crippen LogP contribution in [0.1, 0.15) is 5.69 Å². The van der Waals surface area contributed by atoms with Gasteiger partial charge in [0.25, 0.3) is 15.7 Å². The Morgan fingerprint density at radius 2 is 1.64 bits per heavy atom. The Hall–Kier alpha value is -3.59. The summed E-state index contributed by atoms with van der Waals surface area (Å²) >= 11 is 0. The van der Waals surface area contributed by atoms with Crippen molar-refractivity contribution >= 4 is 38.2 Å². The quantitative estimate of drug-likeness (QED) is 0.492. The number of fused-ring (bicyclic) bond motifs is 1. The molecule has 0 radical (unpaired) electrons. The molecule has 0 aliphatic carbocycles. The van der Waals surface area contributed by atoms with Crippen molar-refractivity contribution < 1.29 is 12.9 Å². The summed E-state index contributed by atoms with van der Waals surface area (Å²) < 4.78 is 32.8. The fourth-order valence-corrected chi connectivity index (χ4v) is 3.52. The summed E-state index contributed by atoms with van der Waals surface area (Å²) in [5, 5.41) is 12.6. The predicted octanol–water partition coefficient (Wildman–Crippen LogP) is 4.75. The Kier molecular flexibility index (Phi) is 4.58. The van der Waals surface area contributed by atoms with Gasteiger partial charge in [-0.25, -0.2) is 13.4 Å². The van der Waals surface area contributed by atoms with Crippen LogP contribution in [0.25, 0.3) is 11.1 Å². The molecule has 9 heteroatoms. The van der Waals surface area contributed by atoms with E-state index in [4.69, 9.17) is 4.52 Å². The number of rotatable bonds is 5. The van der Waals surface area contributed by atoms with E-state index < -0.39 is 10.0 Å². The number of anilines is 1. The minimum absolute atomic E-state index is 0.0270. The van der Waals surface area contributed by atoms with Crippen molar-refractivity contribution in [2.75, 3.05) is 4.72 Å². The van der Waals surface area contributed by atoms with Gasteiger partial charge >= 0.3 is 0 Å². The normalized spacial score (nSPS) is 11.9. The monoisotopic (exact) mass is 393 g/mol. The molecule has 28 heavy (non-hydrogen) atoms. The van der Waals surface area contributed by atoms with Crippen LogP contribution in [-0.2, 0) is 10.0 Å². The van der Waals surface area contributed by atoms with Crippen LogP contribution in [-0.4, -0.2) is 18.6 Å². The summed E-state index contributed by atoms with van der Waals surface area (Å²) in [5.74, 6) is 0. The molecule has 140 valence electrons. The second kappa shape index (κ2) is 7.20. The number of azo groups is 1. The third kappa shape index (κ3) is 3.74. The van der Waals surface area contributed by atoms with E-state index >= 15 is 0 Å². The van der Waals surface area contributed by atoms with Gasteiger partial charge in [-0.1, -0.05) is 23.4 Å². The van der Waals surface area contributed by atoms with Gasteiger partial charge < -0.3 is 4.52 Å². The lowest BCUT2D eigenvalue weighted by Crippen LogP contribution is -2.13. The maximum Gasteiger partial charge on any atom is 0.263 e. The number of hydrogen-bond donors (Lipinski definition) is 1. The van der Waals surface area contributed by atoms with Gasteiger partial charge in [0.05, 0.1) is 28.7 Å². The zero-order valence-corrected chi connectivity index (χ0v) is 15.6. The maximum absolute atomic E-state index is 12.6. The van der Waals surface area contributed by atoms with Gasteiger partial charge in [0.15, 0.2) is 0 Å². The van der Waals surface area contributed by atoms with Gasteiger partial charge in [0.1, 0.15) is 4.90 Å². The molecule has 8 nitrogen and oxygen atoms in total. The molecule has 4 aromatic rings. The number of pyridine rings is 1. The molecule has 0 saturated heterocycles. The summed E-state index contributed by atoms with van der Waals surface area (Å²) in [6, 6.07) is 17.4. The Morgan fingerprint density at radius 3 is 2.36 bits per heavy atom. The van der Waals surface area contributed by atoms with Crippen molar-refractivity contribution in [3.8, 4) is 0 Å². The lowest BCUT2D eigenvalue weighted by atomic mass is 10.3. The van der Waals surface area contributed by atoms with Gasteiger partial charge in [-0.2, -0.15) is 10.2 Å². The SMILES string of the molecule is Cc1noc2ncc(S(=O)(=O)Nc3ccc(N=Nc4ccccc4)cc3)cc12. The van der Waals surface area contributed by atoms with Crippen LogP contribution in [0.5, 0.6) is 0 Å². The van der Waals surface area contributed by atoms with Crippen LogP contribution in [0.4, 0.5) is 17.1 Å². The van der Waals surface area contributed by atoms with Crippen LogP contribution in [0.15, 0.2) is 86.5 Å². The van der Waals surface area contributed by atoms with E-state index in [-0.39, 0.29) is 4.90 Å². The van der Waals surface area contributed by atoms with Crippen LogP contribution in [0, 0.1) is 6.92 Å². The van der Waals surface area contributed by atoms with Crippen LogP contribution >= 0.6 is 0 Å². The van der Waals surface area contributed by atoms with Gasteiger partial charge in [0.2, 0.25) is 0 Å². The van der Waals surface area contributed by atoms with E-state index in [2.05, 4.69) is 25.1 Å². The molecule has 2 heterocycles. The third-order valence-corrected chi connectivity index (χ3v) is 5.30. The van der Waals surface area contributed by atoms with E-state index in [1.54, 1.807) is 31.2 Å². The van der Waals surface area contributed by atoms with E-state index in [0.29, 0.717) is 28.2 Å². The van der Waals surface area contributed by atoms with Crippen molar-refractivity contribution in [1.29, 1.82) is 0 Å². The number of aromatic nitrogens is 2. The highest BCUT2D eigenvalue weighted by atomic mass is 32.2. The fourth-order valence-electron chi connectivity index (χ4n) is 2.49. The summed E-state index contributed by atoms with van der Waals surface area (Å²) in [6.45, 7) is 1.72. The van der Waals surface area contributed by atoms with Gasteiger partial charge in [0, 0.05) is 5.69 Å². The molecule has 0 bridgehead atoms. The maximum atomic E-state index is 12.6. The van der Waals surface area contributed by atoms with Gasteiger partial charge in [-0.15, -0.1) is 0 Å². The molecule has 0 aliphatic heterocycles. The molecule has 0 fully saturated rings. The highest BCUT2D eigenvalue weighted by Crippen LogP contribution is 2.24. The second-order valence-electron chi connectivity index (χ2n) is 5.98. The molecule has 0 amide bonds. The zero-order chi connectivity index (χ0) is 19.6. The summed E-state index contributed by atoms with van der Waals surface area (Å²) in [5.41, 5.74) is 2.62. The number of sulfonamides is 1. The largest absolute Gasteiger partial charge is 0.336 e. The van der Waals surface area contributed by atoms with Crippen molar-refractivity contribution in [2.24, 2.45) is 10.2 Å². The highest BCUT2D eigenvalue weighted by molar-refractivity contribution is 7.92. The minimum Gasteiger partial charge on any atom is -0.336 e. The third-order valence-electron chi connectivity index (χ3n) is 3.95. The Bertz CT molecular complexity index is 1250. The molecular formula is C19H15N5O3S. The van der Waals surface area contributed by atoms with Crippen LogP contribution < -0.4 is 4.72 Å². The van der Waals surface area contributed by atoms with Gasteiger partial charge in [-0.3, -0.25) is 4.72 Å². The van der Waals surface area contributed by atoms with Crippen LogP contribution in [0.2, 0.25) is 0 Å². The summed E-state index contributed by atoms with van der Waals surface area (Å²) in [6.07, 6.45) is 1.23. The van der Waals surface area contributed by atoms with Crippen molar-refractivity contribution in [2.45, 2.75) is 11.8 Å². The molecule has 0 saturated carbocycles. The molecule has 0 unspecified atom stereocenters. The van der Waals surface area contributed by atoms with E-state index in [0.717, 1.165) is 5.69 Å². The van der Waals surface area contributed by atoms with E-state index in [9.17, 15) is 8.42 Å². The number of benzene rings is 2. The van der Waals surface area contributed by atoms with Crippen LogP contribution in [0.3, 0.4) is 0 Å². The molecule has 2 aromatic carbocycles. The average Bonchev–Trinajstić information content (AvgIpc) is 3.08. The lowest BCUT2D eigenvalue weighted by Gasteiger charge is -2.07. The summed E-state index contributed by atoms with van der Waals surface area (Å²) in [7, 11) is -3.80. The highest BCUT2D eigenvalue weighted by Gasteiger charge is 2.17. The molecule has 0 spiro atoms. The smallest absolute Gasteiger partial charge is 0.263 e. The first kappa shape index (κ1) is 17.8. The number of aryl methyl sites for hydroxylation is 1. The van der Waals surface area contributed by atoms with Crippen molar-refractivity contribution in [3.05, 3.63) is 72.6 Å². The molecule has 2 aromatic heterocycles.